The van der Waals surface area contributed by atoms with Crippen molar-refractivity contribution in [2.45, 2.75) is 139 Å². The number of hydrogen-bond donors (Lipinski definition) is 0. The van der Waals surface area contributed by atoms with Gasteiger partial charge in [-0.15, -0.1) is 13.2 Å². The zero-order chi connectivity index (χ0) is 26.9. The van der Waals surface area contributed by atoms with E-state index in [0.717, 1.165) is 18.3 Å². The van der Waals surface area contributed by atoms with Crippen LogP contribution in [0, 0.1) is 18.8 Å². The number of hydrogen-bond acceptors (Lipinski definition) is 0. The molecule has 0 unspecified atom stereocenters. The summed E-state index contributed by atoms with van der Waals surface area (Å²) in [6.45, 7) is 23.6. The maximum Gasteiger partial charge on any atom is -0.00607 e. The van der Waals surface area contributed by atoms with E-state index in [2.05, 4.69) is 91.1 Å². The van der Waals surface area contributed by atoms with E-state index in [1.165, 1.54) is 88.2 Å². The number of allylic oxidation sites excluding steroid dienone is 4. The molecule has 0 aliphatic heterocycles. The van der Waals surface area contributed by atoms with Crippen LogP contribution in [0.25, 0.3) is 0 Å². The van der Waals surface area contributed by atoms with Gasteiger partial charge in [-0.25, -0.2) is 0 Å². The number of aryl methyl sites for hydroxylation is 1. The standard InChI is InChI=1S/C15H18.C9H18.C7H16.C2H6.C2H4/c1-3-13-7-8-15(10-13)11-14-6-4-5-12(2)9-14;1-8(2)9-6-4-3-5-7-9;1-3-5-7-6-4-2;2*1-2/h4-9H,3,10-11H2,1-2H3;8-9H,3-7H2,1-2H3;3-7H2,1-2H3;1-2H3;1-2H2. The van der Waals surface area contributed by atoms with Gasteiger partial charge in [0.25, 0.3) is 0 Å². The lowest BCUT2D eigenvalue weighted by Crippen LogP contribution is -2.12. The highest BCUT2D eigenvalue weighted by Gasteiger charge is 2.15. The first-order chi connectivity index (χ1) is 17.0. The average Bonchev–Trinajstić information content (AvgIpc) is 3.36. The molecular weight excluding hydrogens is 420 g/mol. The van der Waals surface area contributed by atoms with Gasteiger partial charge in [0.15, 0.2) is 0 Å². The quantitative estimate of drug-likeness (QED) is 0.255. The van der Waals surface area contributed by atoms with E-state index in [-0.39, 0.29) is 0 Å². The lowest BCUT2D eigenvalue weighted by Gasteiger charge is -2.24. The van der Waals surface area contributed by atoms with E-state index < -0.39 is 0 Å². The second-order valence-electron chi connectivity index (χ2n) is 10.0. The predicted octanol–water partition coefficient (Wildman–Crippen LogP) is 12.2. The van der Waals surface area contributed by atoms with Crippen LogP contribution < -0.4 is 0 Å². The van der Waals surface area contributed by atoms with Crippen molar-refractivity contribution in [3.8, 4) is 0 Å². The van der Waals surface area contributed by atoms with Crippen LogP contribution in [0.15, 0.2) is 60.7 Å². The van der Waals surface area contributed by atoms with E-state index >= 15 is 0 Å². The Balaban J connectivity index is 0. The van der Waals surface area contributed by atoms with Crippen LogP contribution in [0.2, 0.25) is 0 Å². The molecule has 0 N–H and O–H groups in total. The molecule has 3 rings (SSSR count). The topological polar surface area (TPSA) is 0 Å². The van der Waals surface area contributed by atoms with Gasteiger partial charge >= 0.3 is 0 Å². The molecular formula is C35H62. The SMILES string of the molecule is C=C.CC.CC(C)C1CCCCC1.CCC1=CC=C(Cc2cccc(C)c2)C1.CCCCCCC. The van der Waals surface area contributed by atoms with Gasteiger partial charge in [0.05, 0.1) is 0 Å². The second-order valence-corrected chi connectivity index (χ2v) is 10.0. The maximum absolute atomic E-state index is 3.00. The third-order valence-electron chi connectivity index (χ3n) is 6.78. The zero-order valence-corrected chi connectivity index (χ0v) is 25.2. The fourth-order valence-corrected chi connectivity index (χ4v) is 4.57. The van der Waals surface area contributed by atoms with Crippen molar-refractivity contribution in [1.29, 1.82) is 0 Å². The summed E-state index contributed by atoms with van der Waals surface area (Å²) in [7, 11) is 0. The van der Waals surface area contributed by atoms with Gasteiger partial charge in [-0.3, -0.25) is 0 Å². The summed E-state index contributed by atoms with van der Waals surface area (Å²) in [5, 5.41) is 0. The highest BCUT2D eigenvalue weighted by molar-refractivity contribution is 5.35. The predicted molar refractivity (Wildman–Crippen MR) is 164 cm³/mol. The molecule has 0 bridgehead atoms. The Hall–Kier alpha value is -1.56. The van der Waals surface area contributed by atoms with Crippen LogP contribution >= 0.6 is 0 Å². The molecule has 0 saturated heterocycles. The fraction of sp³-hybridized carbons (Fsp3) is 0.657. The van der Waals surface area contributed by atoms with Crippen molar-refractivity contribution >= 4 is 0 Å². The molecule has 1 aromatic rings. The number of benzene rings is 1. The lowest BCUT2D eigenvalue weighted by atomic mass is 9.82. The Labute approximate surface area is 222 Å². The highest BCUT2D eigenvalue weighted by atomic mass is 14.2. The van der Waals surface area contributed by atoms with Crippen molar-refractivity contribution in [2.75, 3.05) is 0 Å². The van der Waals surface area contributed by atoms with E-state index in [4.69, 9.17) is 0 Å². The summed E-state index contributed by atoms with van der Waals surface area (Å²) in [6, 6.07) is 8.80. The van der Waals surface area contributed by atoms with Gasteiger partial charge in [-0.05, 0) is 43.6 Å². The van der Waals surface area contributed by atoms with Gasteiger partial charge in [0, 0.05) is 0 Å². The molecule has 0 heteroatoms. The summed E-state index contributed by atoms with van der Waals surface area (Å²) < 4.78 is 0. The molecule has 0 aromatic heterocycles. The molecule has 2 aliphatic rings. The highest BCUT2D eigenvalue weighted by Crippen LogP contribution is 2.29. The summed E-state index contributed by atoms with van der Waals surface area (Å²) in [4.78, 5) is 0. The van der Waals surface area contributed by atoms with Crippen LogP contribution in [0.4, 0.5) is 0 Å². The van der Waals surface area contributed by atoms with Crippen molar-refractivity contribution in [2.24, 2.45) is 11.8 Å². The molecule has 0 nitrogen and oxygen atoms in total. The smallest absolute Gasteiger partial charge is 0.00607 e. The van der Waals surface area contributed by atoms with Crippen molar-refractivity contribution < 1.29 is 0 Å². The molecule has 2 aliphatic carbocycles. The minimum atomic E-state index is 0.935. The Morgan fingerprint density at radius 3 is 1.83 bits per heavy atom. The molecule has 0 radical (unpaired) electrons. The lowest BCUT2D eigenvalue weighted by molar-refractivity contribution is 0.279. The Kier molecular flexibility index (Phi) is 26.0. The maximum atomic E-state index is 3.00. The van der Waals surface area contributed by atoms with Crippen LogP contribution in [0.3, 0.4) is 0 Å². The minimum absolute atomic E-state index is 0.935. The summed E-state index contributed by atoms with van der Waals surface area (Å²) in [5.74, 6) is 1.99. The van der Waals surface area contributed by atoms with Gasteiger partial charge < -0.3 is 0 Å². The summed E-state index contributed by atoms with van der Waals surface area (Å²) >= 11 is 0. The van der Waals surface area contributed by atoms with Crippen molar-refractivity contribution in [3.05, 3.63) is 71.8 Å². The molecule has 0 spiro atoms. The van der Waals surface area contributed by atoms with Gasteiger partial charge in [0.2, 0.25) is 0 Å². The van der Waals surface area contributed by atoms with Crippen LogP contribution in [-0.2, 0) is 6.42 Å². The minimum Gasteiger partial charge on any atom is -0.106 e. The van der Waals surface area contributed by atoms with E-state index in [1.807, 2.05) is 13.8 Å². The van der Waals surface area contributed by atoms with Crippen molar-refractivity contribution in [1.82, 2.24) is 0 Å². The monoisotopic (exact) mass is 482 g/mol. The second kappa shape index (κ2) is 25.5. The summed E-state index contributed by atoms with van der Waals surface area (Å²) in [6.07, 6.45) is 22.5. The van der Waals surface area contributed by atoms with Crippen LogP contribution in [-0.4, -0.2) is 0 Å². The largest absolute Gasteiger partial charge is 0.106 e. The van der Waals surface area contributed by atoms with Crippen LogP contribution in [0.5, 0.6) is 0 Å². The first-order valence-electron chi connectivity index (χ1n) is 14.9. The third kappa shape index (κ3) is 19.3. The van der Waals surface area contributed by atoms with Gasteiger partial charge in [0.1, 0.15) is 0 Å². The Morgan fingerprint density at radius 1 is 0.829 bits per heavy atom. The average molecular weight is 483 g/mol. The van der Waals surface area contributed by atoms with Crippen molar-refractivity contribution in [3.63, 3.8) is 0 Å². The molecule has 1 fully saturated rings. The van der Waals surface area contributed by atoms with E-state index in [9.17, 15) is 0 Å². The van der Waals surface area contributed by atoms with E-state index in [1.54, 1.807) is 11.1 Å². The first-order valence-corrected chi connectivity index (χ1v) is 14.9. The molecule has 0 heterocycles. The molecule has 35 heavy (non-hydrogen) atoms. The first kappa shape index (κ1) is 35.6. The summed E-state index contributed by atoms with van der Waals surface area (Å²) in [5.41, 5.74) is 5.91. The van der Waals surface area contributed by atoms with Crippen LogP contribution in [0.1, 0.15) is 137 Å². The van der Waals surface area contributed by atoms with E-state index in [0.29, 0.717) is 0 Å². The van der Waals surface area contributed by atoms with Gasteiger partial charge in [-0.1, -0.05) is 166 Å². The molecule has 1 saturated carbocycles. The Morgan fingerprint density at radius 2 is 1.40 bits per heavy atom. The molecule has 0 amide bonds. The third-order valence-corrected chi connectivity index (χ3v) is 6.78. The fourth-order valence-electron chi connectivity index (χ4n) is 4.57. The molecule has 1 aromatic carbocycles. The number of unbranched alkanes of at least 4 members (excludes halogenated alkanes) is 4. The zero-order valence-electron chi connectivity index (χ0n) is 25.2. The number of rotatable bonds is 8. The Bertz CT molecular complexity index is 636. The normalized spacial score (nSPS) is 14.5. The van der Waals surface area contributed by atoms with Gasteiger partial charge in [-0.2, -0.15) is 0 Å². The molecule has 0 atom stereocenters. The molecule has 202 valence electrons.